The van der Waals surface area contributed by atoms with Gasteiger partial charge in [0.15, 0.2) is 0 Å². The van der Waals surface area contributed by atoms with Crippen LogP contribution in [0.4, 0.5) is 13.2 Å². The lowest BCUT2D eigenvalue weighted by Gasteiger charge is -2.21. The Morgan fingerprint density at radius 2 is 1.77 bits per heavy atom. The molecular weight excluding hydrogens is 441 g/mol. The number of hydrogen-bond acceptors (Lipinski definition) is 5. The predicted molar refractivity (Wildman–Crippen MR) is 107 cm³/mol. The number of alkyl halides is 3. The molecule has 1 heterocycles. The molecule has 166 valence electrons. The quantitative estimate of drug-likeness (QED) is 0.592. The second kappa shape index (κ2) is 8.74. The summed E-state index contributed by atoms with van der Waals surface area (Å²) in [6.07, 6.45) is -6.69. The van der Waals surface area contributed by atoms with Crippen LogP contribution in [0.15, 0.2) is 46.0 Å². The first-order chi connectivity index (χ1) is 14.5. The second-order valence-corrected chi connectivity index (χ2v) is 7.19. The zero-order valence-corrected chi connectivity index (χ0v) is 16.9. The van der Waals surface area contributed by atoms with Gasteiger partial charge in [0, 0.05) is 30.8 Å². The Bertz CT molecular complexity index is 1220. The first kappa shape index (κ1) is 22.9. The molecule has 31 heavy (non-hydrogen) atoms. The van der Waals surface area contributed by atoms with Gasteiger partial charge in [-0.05, 0) is 36.2 Å². The summed E-state index contributed by atoms with van der Waals surface area (Å²) in [6.45, 7) is -0.454. The van der Waals surface area contributed by atoms with E-state index in [-0.39, 0.29) is 36.0 Å². The van der Waals surface area contributed by atoms with Crippen LogP contribution in [-0.2, 0) is 13.6 Å². The minimum absolute atomic E-state index is 0.0211. The van der Waals surface area contributed by atoms with Crippen LogP contribution in [0.2, 0.25) is 5.02 Å². The number of ether oxygens (including phenoxy) is 1. The van der Waals surface area contributed by atoms with Gasteiger partial charge in [-0.25, -0.2) is 4.79 Å². The van der Waals surface area contributed by atoms with Gasteiger partial charge in [0.2, 0.25) is 0 Å². The number of aliphatic hydroxyl groups is 2. The molecule has 1 atom stereocenters. The van der Waals surface area contributed by atoms with E-state index in [9.17, 15) is 27.9 Å². The largest absolute Gasteiger partial charge is 0.573 e. The zero-order chi connectivity index (χ0) is 22.9. The molecular formula is C20H18ClF3N2O5. The molecule has 0 spiro atoms. The summed E-state index contributed by atoms with van der Waals surface area (Å²) in [4.78, 5) is 25.7. The van der Waals surface area contributed by atoms with Crippen LogP contribution in [-0.4, -0.2) is 32.3 Å². The maximum Gasteiger partial charge on any atom is 0.573 e. The minimum Gasteiger partial charge on any atom is -0.405 e. The molecule has 0 radical (unpaired) electrons. The van der Waals surface area contributed by atoms with E-state index in [4.69, 9.17) is 16.7 Å². The molecule has 1 aromatic heterocycles. The highest BCUT2D eigenvalue weighted by molar-refractivity contribution is 6.30. The van der Waals surface area contributed by atoms with Gasteiger partial charge in [0.1, 0.15) is 11.9 Å². The molecule has 2 N–H and O–H groups in total. The van der Waals surface area contributed by atoms with Crippen molar-refractivity contribution in [3.05, 3.63) is 73.4 Å². The van der Waals surface area contributed by atoms with Gasteiger partial charge in [-0.1, -0.05) is 23.7 Å². The Labute approximate surface area is 178 Å². The number of rotatable bonds is 6. The smallest absolute Gasteiger partial charge is 0.405 e. The van der Waals surface area contributed by atoms with E-state index in [1.54, 1.807) is 0 Å². The standard InChI is InChI=1S/C20H18ClF3N2O5/c1-25-13-7-8-14(31-20(22,23)24)16(17(28)11-3-5-12(21)6-4-11)15(13)18(29)26(19(25)30)9-2-10-27/h3-8,17,27-28H,2,9-10H2,1H3. The molecule has 2 aromatic carbocycles. The fourth-order valence-electron chi connectivity index (χ4n) is 3.32. The summed E-state index contributed by atoms with van der Waals surface area (Å²) in [6, 6.07) is 7.76. The Hall–Kier alpha value is -2.82. The van der Waals surface area contributed by atoms with Crippen molar-refractivity contribution in [1.29, 1.82) is 0 Å². The third kappa shape index (κ3) is 4.60. The van der Waals surface area contributed by atoms with Crippen LogP contribution in [0.3, 0.4) is 0 Å². The summed E-state index contributed by atoms with van der Waals surface area (Å²) >= 11 is 5.84. The fourth-order valence-corrected chi connectivity index (χ4v) is 3.45. The summed E-state index contributed by atoms with van der Waals surface area (Å²) in [5, 5.41) is 20.0. The molecule has 0 aliphatic carbocycles. The van der Waals surface area contributed by atoms with Crippen LogP contribution >= 0.6 is 11.6 Å². The van der Waals surface area contributed by atoms with Crippen molar-refractivity contribution in [2.24, 2.45) is 7.05 Å². The van der Waals surface area contributed by atoms with Gasteiger partial charge in [-0.15, -0.1) is 13.2 Å². The first-order valence-electron chi connectivity index (χ1n) is 9.11. The van der Waals surface area contributed by atoms with Crippen LogP contribution in [0.25, 0.3) is 10.9 Å². The van der Waals surface area contributed by atoms with Crippen molar-refractivity contribution >= 4 is 22.5 Å². The SMILES string of the molecule is Cn1c(=O)n(CCCO)c(=O)c2c(C(O)c3ccc(Cl)cc3)c(OC(F)(F)F)ccc21. The summed E-state index contributed by atoms with van der Waals surface area (Å²) in [5.41, 5.74) is -1.85. The van der Waals surface area contributed by atoms with Crippen LogP contribution < -0.4 is 16.0 Å². The van der Waals surface area contributed by atoms with Crippen molar-refractivity contribution in [1.82, 2.24) is 9.13 Å². The lowest BCUT2D eigenvalue weighted by atomic mass is 9.97. The summed E-state index contributed by atoms with van der Waals surface area (Å²) in [7, 11) is 1.35. The van der Waals surface area contributed by atoms with Crippen molar-refractivity contribution in [2.75, 3.05) is 6.61 Å². The lowest BCUT2D eigenvalue weighted by molar-refractivity contribution is -0.275. The van der Waals surface area contributed by atoms with Crippen molar-refractivity contribution in [3.8, 4) is 5.75 Å². The van der Waals surface area contributed by atoms with E-state index in [1.807, 2.05) is 0 Å². The molecule has 0 saturated heterocycles. The molecule has 3 aromatic rings. The van der Waals surface area contributed by atoms with Gasteiger partial charge in [-0.2, -0.15) is 0 Å². The predicted octanol–water partition coefficient (Wildman–Crippen LogP) is 2.72. The zero-order valence-electron chi connectivity index (χ0n) is 16.2. The normalized spacial score (nSPS) is 12.9. The Morgan fingerprint density at radius 3 is 2.35 bits per heavy atom. The highest BCUT2D eigenvalue weighted by Crippen LogP contribution is 2.37. The van der Waals surface area contributed by atoms with Gasteiger partial charge < -0.3 is 14.9 Å². The molecule has 0 fully saturated rings. The molecule has 1 unspecified atom stereocenters. The molecule has 0 bridgehead atoms. The molecule has 0 aliphatic rings. The van der Waals surface area contributed by atoms with Gasteiger partial charge in [0.25, 0.3) is 5.56 Å². The number of fused-ring (bicyclic) bond motifs is 1. The van der Waals surface area contributed by atoms with E-state index in [2.05, 4.69) is 4.74 Å². The fraction of sp³-hybridized carbons (Fsp3) is 0.300. The number of aromatic nitrogens is 2. The third-order valence-electron chi connectivity index (χ3n) is 4.75. The maximum absolute atomic E-state index is 13.1. The Kier molecular flexibility index (Phi) is 6.44. The average molecular weight is 459 g/mol. The van der Waals surface area contributed by atoms with Crippen molar-refractivity contribution in [2.45, 2.75) is 25.4 Å². The molecule has 11 heteroatoms. The minimum atomic E-state index is -5.08. The van der Waals surface area contributed by atoms with Gasteiger partial charge in [0.05, 0.1) is 10.9 Å². The van der Waals surface area contributed by atoms with Crippen molar-refractivity contribution < 1.29 is 28.1 Å². The second-order valence-electron chi connectivity index (χ2n) is 6.75. The number of benzene rings is 2. The highest BCUT2D eigenvalue weighted by atomic mass is 35.5. The third-order valence-corrected chi connectivity index (χ3v) is 5.00. The van der Waals surface area contributed by atoms with E-state index in [0.717, 1.165) is 21.3 Å². The molecule has 0 saturated carbocycles. The maximum atomic E-state index is 13.1. The van der Waals surface area contributed by atoms with Crippen LogP contribution in [0, 0.1) is 0 Å². The summed E-state index contributed by atoms with van der Waals surface area (Å²) < 4.78 is 45.1. The highest BCUT2D eigenvalue weighted by Gasteiger charge is 2.34. The van der Waals surface area contributed by atoms with Gasteiger partial charge in [-0.3, -0.25) is 13.9 Å². The van der Waals surface area contributed by atoms with Crippen LogP contribution in [0.1, 0.15) is 23.7 Å². The molecule has 0 amide bonds. The Morgan fingerprint density at radius 1 is 1.13 bits per heavy atom. The molecule has 0 aliphatic heterocycles. The van der Waals surface area contributed by atoms with E-state index in [1.165, 1.54) is 31.3 Å². The van der Waals surface area contributed by atoms with Crippen LogP contribution in [0.5, 0.6) is 5.75 Å². The first-order valence-corrected chi connectivity index (χ1v) is 9.49. The lowest BCUT2D eigenvalue weighted by Crippen LogP contribution is -2.40. The van der Waals surface area contributed by atoms with Gasteiger partial charge >= 0.3 is 12.1 Å². The summed E-state index contributed by atoms with van der Waals surface area (Å²) in [5.74, 6) is -0.771. The topological polar surface area (TPSA) is 93.7 Å². The average Bonchev–Trinajstić information content (AvgIpc) is 2.71. The number of aryl methyl sites for hydroxylation is 1. The number of halogens is 4. The van der Waals surface area contributed by atoms with E-state index >= 15 is 0 Å². The van der Waals surface area contributed by atoms with E-state index < -0.39 is 35.0 Å². The number of aliphatic hydroxyl groups excluding tert-OH is 2. The van der Waals surface area contributed by atoms with E-state index in [0.29, 0.717) is 5.02 Å². The Balaban J connectivity index is 2.39. The number of hydrogen-bond donors (Lipinski definition) is 2. The number of nitrogens with zero attached hydrogens (tertiary/aromatic N) is 2. The molecule has 7 nitrogen and oxygen atoms in total. The monoisotopic (exact) mass is 458 g/mol. The molecule has 3 rings (SSSR count). The van der Waals surface area contributed by atoms with Crippen molar-refractivity contribution in [3.63, 3.8) is 0 Å².